The average molecular weight is 230 g/mol. The van der Waals surface area contributed by atoms with Crippen LogP contribution in [0, 0.1) is 0 Å². The summed E-state index contributed by atoms with van der Waals surface area (Å²) in [4.78, 5) is 0. The van der Waals surface area contributed by atoms with E-state index in [1.807, 2.05) is 0 Å². The lowest BCUT2D eigenvalue weighted by atomic mass is 9.82. The number of hydrogen-bond donors (Lipinski definition) is 2. The van der Waals surface area contributed by atoms with Gasteiger partial charge in [0.25, 0.3) is 0 Å². The first-order valence-corrected chi connectivity index (χ1v) is 6.17. The number of benzene rings is 1. The zero-order valence-electron chi connectivity index (χ0n) is 10.5. The number of rotatable bonds is 0. The molecule has 1 aromatic rings. The summed E-state index contributed by atoms with van der Waals surface area (Å²) in [6.45, 7) is 6.16. The summed E-state index contributed by atoms with van der Waals surface area (Å²) < 4.78 is 0. The molecule has 0 amide bonds. The fraction of sp³-hybridized carbons (Fsp3) is 0.467. The van der Waals surface area contributed by atoms with Crippen molar-refractivity contribution in [1.29, 1.82) is 0 Å². The van der Waals surface area contributed by atoms with Crippen molar-refractivity contribution in [1.82, 2.24) is 0 Å². The topological polar surface area (TPSA) is 40.5 Å². The van der Waals surface area contributed by atoms with Gasteiger partial charge >= 0.3 is 0 Å². The fourth-order valence-corrected chi connectivity index (χ4v) is 3.16. The molecule has 2 atom stereocenters. The van der Waals surface area contributed by atoms with Crippen molar-refractivity contribution in [3.05, 3.63) is 34.9 Å². The summed E-state index contributed by atoms with van der Waals surface area (Å²) in [5.74, 6) is 1.33. The van der Waals surface area contributed by atoms with Gasteiger partial charge < -0.3 is 10.2 Å². The highest BCUT2D eigenvalue weighted by atomic mass is 16.3. The Labute approximate surface area is 102 Å². The van der Waals surface area contributed by atoms with E-state index in [1.54, 1.807) is 6.07 Å². The highest BCUT2D eigenvalue weighted by Crippen LogP contribution is 2.56. The fourth-order valence-electron chi connectivity index (χ4n) is 3.16. The number of hydrogen-bond acceptors (Lipinski definition) is 2. The number of aromatic hydroxyl groups is 2. The first-order chi connectivity index (χ1) is 7.89. The molecule has 2 bridgehead atoms. The molecule has 0 aliphatic heterocycles. The first-order valence-electron chi connectivity index (χ1n) is 6.17. The summed E-state index contributed by atoms with van der Waals surface area (Å²) in [7, 11) is 0. The summed E-state index contributed by atoms with van der Waals surface area (Å²) in [6, 6.07) is 1.74. The average Bonchev–Trinajstić information content (AvgIpc) is 2.81. The van der Waals surface area contributed by atoms with Gasteiger partial charge in [-0.2, -0.15) is 0 Å². The van der Waals surface area contributed by atoms with Gasteiger partial charge in [0.05, 0.1) is 0 Å². The maximum Gasteiger partial charge on any atom is 0.123 e. The number of allylic oxidation sites excluding steroid dienone is 2. The molecule has 0 radical (unpaired) electrons. The van der Waals surface area contributed by atoms with Crippen LogP contribution in [0.5, 0.6) is 11.5 Å². The molecule has 0 fully saturated rings. The summed E-state index contributed by atoms with van der Waals surface area (Å²) in [6.07, 6.45) is 5.30. The maximum absolute atomic E-state index is 10.4. The predicted octanol–water partition coefficient (Wildman–Crippen LogP) is 3.54. The summed E-state index contributed by atoms with van der Waals surface area (Å²) in [5, 5.41) is 20.6. The highest BCUT2D eigenvalue weighted by Gasteiger charge is 2.39. The molecular weight excluding hydrogens is 212 g/mol. The van der Waals surface area contributed by atoms with E-state index in [1.165, 1.54) is 0 Å². The van der Waals surface area contributed by atoms with E-state index in [0.717, 1.165) is 23.1 Å². The molecule has 2 heteroatoms. The van der Waals surface area contributed by atoms with Crippen molar-refractivity contribution < 1.29 is 10.2 Å². The van der Waals surface area contributed by atoms with Crippen LogP contribution >= 0.6 is 0 Å². The molecule has 90 valence electrons. The minimum Gasteiger partial charge on any atom is -0.508 e. The van der Waals surface area contributed by atoms with E-state index < -0.39 is 0 Å². The van der Waals surface area contributed by atoms with Gasteiger partial charge in [-0.25, -0.2) is 0 Å². The lowest BCUT2D eigenvalue weighted by Gasteiger charge is -2.25. The van der Waals surface area contributed by atoms with Crippen LogP contribution in [0.1, 0.15) is 55.7 Å². The van der Waals surface area contributed by atoms with E-state index in [0.29, 0.717) is 23.3 Å². The van der Waals surface area contributed by atoms with Crippen LogP contribution in [-0.2, 0) is 5.41 Å². The Bertz CT molecular complexity index is 521. The SMILES string of the molecule is CC(C)(C)c1cc(O)c2c(c1O)C1C=CC2C1. The second-order valence-electron chi connectivity index (χ2n) is 6.20. The maximum atomic E-state index is 10.4. The lowest BCUT2D eigenvalue weighted by molar-refractivity contribution is 0.427. The number of fused-ring (bicyclic) bond motifs is 5. The number of phenolic OH excluding ortho intramolecular Hbond substituents is 2. The third-order valence-electron chi connectivity index (χ3n) is 3.99. The quantitative estimate of drug-likeness (QED) is 0.528. The van der Waals surface area contributed by atoms with Gasteiger partial charge in [0.15, 0.2) is 0 Å². The van der Waals surface area contributed by atoms with Gasteiger partial charge in [-0.1, -0.05) is 32.9 Å². The Morgan fingerprint density at radius 3 is 2.24 bits per heavy atom. The van der Waals surface area contributed by atoms with Gasteiger partial charge in [0, 0.05) is 28.5 Å². The van der Waals surface area contributed by atoms with Gasteiger partial charge in [0.2, 0.25) is 0 Å². The van der Waals surface area contributed by atoms with Crippen LogP contribution in [0.4, 0.5) is 0 Å². The molecule has 0 spiro atoms. The molecule has 0 saturated carbocycles. The molecule has 1 aromatic carbocycles. The molecule has 2 N–H and O–H groups in total. The van der Waals surface area contributed by atoms with Crippen LogP contribution in [-0.4, -0.2) is 10.2 Å². The van der Waals surface area contributed by atoms with Crippen molar-refractivity contribution in [2.75, 3.05) is 0 Å². The van der Waals surface area contributed by atoms with Crippen molar-refractivity contribution in [3.63, 3.8) is 0 Å². The molecule has 2 aliphatic rings. The van der Waals surface area contributed by atoms with Crippen molar-refractivity contribution in [2.45, 2.75) is 44.4 Å². The van der Waals surface area contributed by atoms with Gasteiger partial charge in [0.1, 0.15) is 11.5 Å². The largest absolute Gasteiger partial charge is 0.508 e. The highest BCUT2D eigenvalue weighted by molar-refractivity contribution is 5.63. The van der Waals surface area contributed by atoms with Crippen LogP contribution < -0.4 is 0 Å². The minimum atomic E-state index is -0.151. The monoisotopic (exact) mass is 230 g/mol. The van der Waals surface area contributed by atoms with E-state index in [9.17, 15) is 10.2 Å². The molecule has 17 heavy (non-hydrogen) atoms. The van der Waals surface area contributed by atoms with Crippen LogP contribution in [0.15, 0.2) is 18.2 Å². The van der Waals surface area contributed by atoms with Crippen molar-refractivity contribution in [2.24, 2.45) is 0 Å². The Morgan fingerprint density at radius 2 is 1.65 bits per heavy atom. The van der Waals surface area contributed by atoms with E-state index >= 15 is 0 Å². The second kappa shape index (κ2) is 3.06. The zero-order chi connectivity index (χ0) is 12.4. The Hall–Kier alpha value is -1.44. The molecule has 0 saturated heterocycles. The van der Waals surface area contributed by atoms with Crippen LogP contribution in [0.25, 0.3) is 0 Å². The van der Waals surface area contributed by atoms with E-state index in [4.69, 9.17) is 0 Å². The third kappa shape index (κ3) is 1.33. The molecule has 0 heterocycles. The number of phenols is 2. The van der Waals surface area contributed by atoms with Gasteiger partial charge in [-0.3, -0.25) is 0 Å². The van der Waals surface area contributed by atoms with Gasteiger partial charge in [-0.05, 0) is 17.9 Å². The first kappa shape index (κ1) is 10.7. The molecule has 2 nitrogen and oxygen atoms in total. The Balaban J connectivity index is 2.28. The van der Waals surface area contributed by atoms with Crippen molar-refractivity contribution >= 4 is 0 Å². The molecule has 0 aromatic heterocycles. The van der Waals surface area contributed by atoms with Crippen LogP contribution in [0.2, 0.25) is 0 Å². The Morgan fingerprint density at radius 1 is 1.06 bits per heavy atom. The lowest BCUT2D eigenvalue weighted by Crippen LogP contribution is -2.13. The standard InChI is InChI=1S/C15H18O2/c1-15(2,3)10-7-11(16)12-8-4-5-9(6-8)13(12)14(10)17/h4-5,7-9,16-17H,6H2,1-3H3. The van der Waals surface area contributed by atoms with Gasteiger partial charge in [-0.15, -0.1) is 0 Å². The molecule has 3 rings (SSSR count). The zero-order valence-corrected chi connectivity index (χ0v) is 10.5. The second-order valence-corrected chi connectivity index (χ2v) is 6.20. The molecular formula is C15H18O2. The third-order valence-corrected chi connectivity index (χ3v) is 3.99. The molecule has 2 unspecified atom stereocenters. The molecule has 2 aliphatic carbocycles. The van der Waals surface area contributed by atoms with Crippen LogP contribution in [0.3, 0.4) is 0 Å². The van der Waals surface area contributed by atoms with Crippen molar-refractivity contribution in [3.8, 4) is 11.5 Å². The summed E-state index contributed by atoms with van der Waals surface area (Å²) >= 11 is 0. The predicted molar refractivity (Wildman–Crippen MR) is 67.7 cm³/mol. The van der Waals surface area contributed by atoms with E-state index in [2.05, 4.69) is 32.9 Å². The minimum absolute atomic E-state index is 0.151. The smallest absolute Gasteiger partial charge is 0.123 e. The van der Waals surface area contributed by atoms with E-state index in [-0.39, 0.29) is 5.41 Å². The summed E-state index contributed by atoms with van der Waals surface area (Å²) in [5.41, 5.74) is 2.60. The normalized spacial score (nSPS) is 25.4. The Kier molecular flexibility index (Phi) is 1.93.